The average Bonchev–Trinajstić information content (AvgIpc) is 2.76. The molecule has 0 radical (unpaired) electrons. The molecule has 1 aliphatic rings. The van der Waals surface area contributed by atoms with Crippen molar-refractivity contribution >= 4 is 17.2 Å². The Bertz CT molecular complexity index is 372. The summed E-state index contributed by atoms with van der Waals surface area (Å²) < 4.78 is 0. The lowest BCUT2D eigenvalue weighted by atomic mass is 9.99. The number of nitrogens with zero attached hydrogens (tertiary/aromatic N) is 1. The maximum Gasteiger partial charge on any atom is 0.224 e. The molecule has 4 nitrogen and oxygen atoms in total. The molecule has 1 atom stereocenters. The maximum atomic E-state index is 11.8. The van der Waals surface area contributed by atoms with Crippen LogP contribution in [-0.4, -0.2) is 30.5 Å². The Labute approximate surface area is 106 Å². The fraction of sp³-hybridized carbons (Fsp3) is 0.667. The van der Waals surface area contributed by atoms with E-state index in [0.29, 0.717) is 6.54 Å². The first-order chi connectivity index (χ1) is 8.25. The quantitative estimate of drug-likeness (QED) is 0.845. The van der Waals surface area contributed by atoms with E-state index in [9.17, 15) is 4.79 Å². The summed E-state index contributed by atoms with van der Waals surface area (Å²) in [6.07, 6.45) is 2.95. The normalized spacial score (nSPS) is 20.2. The zero-order chi connectivity index (χ0) is 12.1. The molecule has 1 saturated heterocycles. The van der Waals surface area contributed by atoms with Crippen molar-refractivity contribution in [1.82, 2.24) is 15.6 Å². The molecule has 94 valence electrons. The first kappa shape index (κ1) is 12.5. The number of hydrogen-bond donors (Lipinski definition) is 2. The minimum Gasteiger partial charge on any atom is -0.355 e. The molecule has 0 unspecified atom stereocenters. The second kappa shape index (κ2) is 6.12. The number of aryl methyl sites for hydroxylation is 1. The van der Waals surface area contributed by atoms with E-state index in [4.69, 9.17) is 0 Å². The molecule has 0 aromatic carbocycles. The molecule has 0 spiro atoms. The molecule has 0 saturated carbocycles. The summed E-state index contributed by atoms with van der Waals surface area (Å²) in [5.41, 5.74) is 1.06. The lowest BCUT2D eigenvalue weighted by Gasteiger charge is -2.21. The van der Waals surface area contributed by atoms with E-state index in [1.165, 1.54) is 0 Å². The van der Waals surface area contributed by atoms with Gasteiger partial charge in [-0.05, 0) is 26.3 Å². The van der Waals surface area contributed by atoms with Crippen molar-refractivity contribution in [3.05, 3.63) is 16.1 Å². The van der Waals surface area contributed by atoms with Crippen molar-refractivity contribution < 1.29 is 4.79 Å². The van der Waals surface area contributed by atoms with Gasteiger partial charge in [-0.3, -0.25) is 4.79 Å². The van der Waals surface area contributed by atoms with Crippen molar-refractivity contribution in [1.29, 1.82) is 0 Å². The monoisotopic (exact) mass is 253 g/mol. The third-order valence-electron chi connectivity index (χ3n) is 2.97. The number of piperidine rings is 1. The van der Waals surface area contributed by atoms with E-state index < -0.39 is 0 Å². The van der Waals surface area contributed by atoms with Gasteiger partial charge in [-0.1, -0.05) is 0 Å². The van der Waals surface area contributed by atoms with E-state index in [1.54, 1.807) is 11.3 Å². The molecule has 0 bridgehead atoms. The molecule has 1 aliphatic heterocycles. The van der Waals surface area contributed by atoms with Crippen LogP contribution in [0.3, 0.4) is 0 Å². The van der Waals surface area contributed by atoms with Gasteiger partial charge in [-0.2, -0.15) is 0 Å². The van der Waals surface area contributed by atoms with Crippen molar-refractivity contribution in [3.63, 3.8) is 0 Å². The van der Waals surface area contributed by atoms with Gasteiger partial charge in [0, 0.05) is 30.6 Å². The van der Waals surface area contributed by atoms with Crippen molar-refractivity contribution in [3.8, 4) is 0 Å². The standard InChI is InChI=1S/C12H19N3OS/c1-9-8-17-11(15-9)4-6-14-12(16)10-3-2-5-13-7-10/h8,10,13H,2-7H2,1H3,(H,14,16)/t10-/m0/s1. The molecular formula is C12H19N3OS. The highest BCUT2D eigenvalue weighted by atomic mass is 32.1. The van der Waals surface area contributed by atoms with E-state index in [-0.39, 0.29) is 11.8 Å². The third-order valence-corrected chi connectivity index (χ3v) is 4.00. The van der Waals surface area contributed by atoms with Crippen LogP contribution in [0.4, 0.5) is 0 Å². The summed E-state index contributed by atoms with van der Waals surface area (Å²) in [6, 6.07) is 0. The predicted molar refractivity (Wildman–Crippen MR) is 69.2 cm³/mol. The lowest BCUT2D eigenvalue weighted by molar-refractivity contribution is -0.125. The van der Waals surface area contributed by atoms with Gasteiger partial charge >= 0.3 is 0 Å². The van der Waals surface area contributed by atoms with E-state index >= 15 is 0 Å². The minimum atomic E-state index is 0.154. The Morgan fingerprint density at radius 2 is 2.59 bits per heavy atom. The summed E-state index contributed by atoms with van der Waals surface area (Å²) >= 11 is 1.66. The van der Waals surface area contributed by atoms with Gasteiger partial charge in [0.1, 0.15) is 0 Å². The van der Waals surface area contributed by atoms with Gasteiger partial charge in [0.25, 0.3) is 0 Å². The molecule has 1 fully saturated rings. The van der Waals surface area contributed by atoms with Crippen molar-refractivity contribution in [2.75, 3.05) is 19.6 Å². The van der Waals surface area contributed by atoms with Crippen LogP contribution >= 0.6 is 11.3 Å². The molecule has 2 N–H and O–H groups in total. The molecule has 1 amide bonds. The van der Waals surface area contributed by atoms with Crippen LogP contribution in [0, 0.1) is 12.8 Å². The van der Waals surface area contributed by atoms with Crippen LogP contribution in [0.2, 0.25) is 0 Å². The summed E-state index contributed by atoms with van der Waals surface area (Å²) in [4.78, 5) is 16.2. The Morgan fingerprint density at radius 3 is 3.24 bits per heavy atom. The third kappa shape index (κ3) is 3.78. The first-order valence-electron chi connectivity index (χ1n) is 6.15. The molecular weight excluding hydrogens is 234 g/mol. The van der Waals surface area contributed by atoms with Crippen LogP contribution in [0.5, 0.6) is 0 Å². The second-order valence-corrected chi connectivity index (χ2v) is 5.41. The maximum absolute atomic E-state index is 11.8. The average molecular weight is 253 g/mol. The molecule has 1 aromatic rings. The van der Waals surface area contributed by atoms with Gasteiger partial charge in [0.2, 0.25) is 5.91 Å². The van der Waals surface area contributed by atoms with Crippen LogP contribution in [0.15, 0.2) is 5.38 Å². The Balaban J connectivity index is 1.69. The molecule has 2 heterocycles. The van der Waals surface area contributed by atoms with Crippen LogP contribution in [0.25, 0.3) is 0 Å². The van der Waals surface area contributed by atoms with Gasteiger partial charge < -0.3 is 10.6 Å². The molecule has 1 aromatic heterocycles. The SMILES string of the molecule is Cc1csc(CCNC(=O)[C@H]2CCCNC2)n1. The van der Waals surface area contributed by atoms with Crippen LogP contribution < -0.4 is 10.6 Å². The zero-order valence-corrected chi connectivity index (χ0v) is 11.0. The highest BCUT2D eigenvalue weighted by molar-refractivity contribution is 7.09. The van der Waals surface area contributed by atoms with Gasteiger partial charge in [0.15, 0.2) is 0 Å². The molecule has 0 aliphatic carbocycles. The Hall–Kier alpha value is -0.940. The first-order valence-corrected chi connectivity index (χ1v) is 7.03. The van der Waals surface area contributed by atoms with Crippen molar-refractivity contribution in [2.24, 2.45) is 5.92 Å². The number of carbonyl (C=O) groups is 1. The molecule has 17 heavy (non-hydrogen) atoms. The Kier molecular flexibility index (Phi) is 4.50. The number of rotatable bonds is 4. The number of amides is 1. The number of carbonyl (C=O) groups excluding carboxylic acids is 1. The number of hydrogen-bond acceptors (Lipinski definition) is 4. The second-order valence-electron chi connectivity index (χ2n) is 4.47. The fourth-order valence-corrected chi connectivity index (χ4v) is 2.81. The highest BCUT2D eigenvalue weighted by Gasteiger charge is 2.20. The summed E-state index contributed by atoms with van der Waals surface area (Å²) in [6.45, 7) is 4.55. The van der Waals surface area contributed by atoms with E-state index in [1.807, 2.05) is 12.3 Å². The Morgan fingerprint density at radius 1 is 1.71 bits per heavy atom. The smallest absolute Gasteiger partial charge is 0.224 e. The van der Waals surface area contributed by atoms with E-state index in [0.717, 1.165) is 43.1 Å². The fourth-order valence-electron chi connectivity index (χ4n) is 2.03. The molecule has 2 rings (SSSR count). The number of aromatic nitrogens is 1. The van der Waals surface area contributed by atoms with Crippen molar-refractivity contribution in [2.45, 2.75) is 26.2 Å². The number of nitrogens with one attached hydrogen (secondary N) is 2. The van der Waals surface area contributed by atoms with Gasteiger partial charge in [0.05, 0.1) is 10.9 Å². The lowest BCUT2D eigenvalue weighted by Crippen LogP contribution is -2.41. The largest absolute Gasteiger partial charge is 0.355 e. The summed E-state index contributed by atoms with van der Waals surface area (Å²) in [5, 5.41) is 9.40. The molecule has 5 heteroatoms. The van der Waals surface area contributed by atoms with Crippen LogP contribution in [-0.2, 0) is 11.2 Å². The summed E-state index contributed by atoms with van der Waals surface area (Å²) in [5.74, 6) is 0.340. The summed E-state index contributed by atoms with van der Waals surface area (Å²) in [7, 11) is 0. The van der Waals surface area contributed by atoms with Gasteiger partial charge in [-0.15, -0.1) is 11.3 Å². The zero-order valence-electron chi connectivity index (χ0n) is 10.2. The highest BCUT2D eigenvalue weighted by Crippen LogP contribution is 2.11. The number of thiazole rings is 1. The van der Waals surface area contributed by atoms with Gasteiger partial charge in [-0.25, -0.2) is 4.98 Å². The van der Waals surface area contributed by atoms with Crippen LogP contribution in [0.1, 0.15) is 23.5 Å². The topological polar surface area (TPSA) is 54.0 Å². The predicted octanol–water partition coefficient (Wildman–Crippen LogP) is 1.11. The minimum absolute atomic E-state index is 0.154. The van der Waals surface area contributed by atoms with E-state index in [2.05, 4.69) is 15.6 Å².